The normalized spacial score (nSPS) is 25.2. The molecule has 2 N–H and O–H groups in total. The molecule has 0 aliphatic carbocycles. The van der Waals surface area contributed by atoms with E-state index < -0.39 is 29.6 Å². The third-order valence-corrected chi connectivity index (χ3v) is 2.10. The Hall–Kier alpha value is -1.30. The second-order valence-electron chi connectivity index (χ2n) is 4.73. The standard InChI is InChI=1S/C10H17NO5/c1-10(2,3)16-9(14)11-7-5-15-4-6(7)8(12)13/h6-7H,4-5H2,1-3H3,(H,11,14)(H,12,13). The number of nitrogens with one attached hydrogen (secondary N) is 1. The lowest BCUT2D eigenvalue weighted by molar-refractivity contribution is -0.142. The summed E-state index contributed by atoms with van der Waals surface area (Å²) in [5.41, 5.74) is -0.595. The van der Waals surface area contributed by atoms with Gasteiger partial charge in [-0.3, -0.25) is 4.79 Å². The molecule has 0 bridgehead atoms. The minimum absolute atomic E-state index is 0.121. The van der Waals surface area contributed by atoms with E-state index in [1.165, 1.54) is 0 Å². The maximum atomic E-state index is 11.4. The van der Waals surface area contributed by atoms with Crippen LogP contribution in [0.1, 0.15) is 20.8 Å². The van der Waals surface area contributed by atoms with Crippen LogP contribution in [0.3, 0.4) is 0 Å². The number of ether oxygens (including phenoxy) is 2. The summed E-state index contributed by atoms with van der Waals surface area (Å²) < 4.78 is 10.0. The molecule has 1 fully saturated rings. The second kappa shape index (κ2) is 4.69. The van der Waals surface area contributed by atoms with E-state index >= 15 is 0 Å². The zero-order chi connectivity index (χ0) is 12.3. The van der Waals surface area contributed by atoms with Crippen LogP contribution >= 0.6 is 0 Å². The lowest BCUT2D eigenvalue weighted by Crippen LogP contribution is -2.44. The van der Waals surface area contributed by atoms with Gasteiger partial charge < -0.3 is 19.9 Å². The van der Waals surface area contributed by atoms with Gasteiger partial charge in [-0.1, -0.05) is 0 Å². The van der Waals surface area contributed by atoms with E-state index in [0.717, 1.165) is 0 Å². The fraction of sp³-hybridized carbons (Fsp3) is 0.800. The van der Waals surface area contributed by atoms with Crippen molar-refractivity contribution in [2.24, 2.45) is 5.92 Å². The molecule has 0 aromatic rings. The Labute approximate surface area is 93.9 Å². The summed E-state index contributed by atoms with van der Waals surface area (Å²) in [5.74, 6) is -1.67. The molecule has 0 saturated carbocycles. The molecule has 1 aliphatic rings. The molecule has 1 amide bonds. The Morgan fingerprint density at radius 2 is 2.00 bits per heavy atom. The fourth-order valence-electron chi connectivity index (χ4n) is 1.40. The average Bonchev–Trinajstić information content (AvgIpc) is 2.47. The van der Waals surface area contributed by atoms with Crippen molar-refractivity contribution in [1.29, 1.82) is 0 Å². The first-order valence-electron chi connectivity index (χ1n) is 5.09. The highest BCUT2D eigenvalue weighted by molar-refractivity contribution is 5.74. The van der Waals surface area contributed by atoms with Gasteiger partial charge in [-0.05, 0) is 20.8 Å². The van der Waals surface area contributed by atoms with Gasteiger partial charge in [0, 0.05) is 0 Å². The zero-order valence-electron chi connectivity index (χ0n) is 9.65. The topological polar surface area (TPSA) is 84.9 Å². The van der Waals surface area contributed by atoms with Crippen molar-refractivity contribution in [3.05, 3.63) is 0 Å². The summed E-state index contributed by atoms with van der Waals surface area (Å²) >= 11 is 0. The highest BCUT2D eigenvalue weighted by atomic mass is 16.6. The molecule has 1 saturated heterocycles. The molecule has 92 valence electrons. The van der Waals surface area contributed by atoms with E-state index in [-0.39, 0.29) is 13.2 Å². The molecule has 16 heavy (non-hydrogen) atoms. The first-order chi connectivity index (χ1) is 7.29. The van der Waals surface area contributed by atoms with Crippen molar-refractivity contribution >= 4 is 12.1 Å². The largest absolute Gasteiger partial charge is 0.481 e. The first-order valence-corrected chi connectivity index (χ1v) is 5.09. The van der Waals surface area contributed by atoms with E-state index in [0.29, 0.717) is 0 Å². The summed E-state index contributed by atoms with van der Waals surface area (Å²) in [7, 11) is 0. The molecule has 1 rings (SSSR count). The van der Waals surface area contributed by atoms with Crippen molar-refractivity contribution in [2.45, 2.75) is 32.4 Å². The summed E-state index contributed by atoms with van der Waals surface area (Å²) in [4.78, 5) is 22.2. The number of rotatable bonds is 2. The zero-order valence-corrected chi connectivity index (χ0v) is 9.65. The Kier molecular flexibility index (Phi) is 3.74. The molecule has 6 heteroatoms. The number of alkyl carbamates (subject to hydrolysis) is 1. The van der Waals surface area contributed by atoms with Crippen molar-refractivity contribution in [3.63, 3.8) is 0 Å². The summed E-state index contributed by atoms with van der Waals surface area (Å²) in [6.07, 6.45) is -0.616. The molecule has 1 aliphatic heterocycles. The maximum Gasteiger partial charge on any atom is 0.407 e. The van der Waals surface area contributed by atoms with Crippen LogP contribution in [0.15, 0.2) is 0 Å². The molecular weight excluding hydrogens is 214 g/mol. The molecule has 2 atom stereocenters. The Morgan fingerprint density at radius 3 is 2.50 bits per heavy atom. The van der Waals surface area contributed by atoms with Crippen LogP contribution in [-0.4, -0.2) is 42.0 Å². The fourth-order valence-corrected chi connectivity index (χ4v) is 1.40. The number of amides is 1. The molecule has 0 spiro atoms. The van der Waals surface area contributed by atoms with Gasteiger partial charge in [0.15, 0.2) is 0 Å². The van der Waals surface area contributed by atoms with Crippen LogP contribution in [0, 0.1) is 5.92 Å². The Morgan fingerprint density at radius 1 is 1.38 bits per heavy atom. The number of carbonyl (C=O) groups is 2. The lowest BCUT2D eigenvalue weighted by Gasteiger charge is -2.22. The third kappa shape index (κ3) is 3.69. The molecular formula is C10H17NO5. The van der Waals surface area contributed by atoms with Gasteiger partial charge in [0.2, 0.25) is 0 Å². The predicted octanol–water partition coefficient (Wildman–Crippen LogP) is 0.611. The van der Waals surface area contributed by atoms with Crippen LogP contribution in [0.4, 0.5) is 4.79 Å². The number of hydrogen-bond donors (Lipinski definition) is 2. The number of carbonyl (C=O) groups excluding carboxylic acids is 1. The number of aliphatic carboxylic acids is 1. The van der Waals surface area contributed by atoms with Gasteiger partial charge in [-0.25, -0.2) is 4.79 Å². The number of carboxylic acids is 1. The van der Waals surface area contributed by atoms with Gasteiger partial charge in [-0.15, -0.1) is 0 Å². The maximum absolute atomic E-state index is 11.4. The van der Waals surface area contributed by atoms with Gasteiger partial charge in [-0.2, -0.15) is 0 Å². The van der Waals surface area contributed by atoms with Crippen molar-refractivity contribution in [3.8, 4) is 0 Å². The second-order valence-corrected chi connectivity index (χ2v) is 4.73. The van der Waals surface area contributed by atoms with Gasteiger partial charge in [0.1, 0.15) is 11.5 Å². The summed E-state index contributed by atoms with van der Waals surface area (Å²) in [6.45, 7) is 5.55. The minimum atomic E-state index is -0.974. The van der Waals surface area contributed by atoms with E-state index in [9.17, 15) is 9.59 Å². The van der Waals surface area contributed by atoms with E-state index in [1.807, 2.05) is 0 Å². The molecule has 0 aromatic heterocycles. The van der Waals surface area contributed by atoms with E-state index in [2.05, 4.69) is 5.32 Å². The molecule has 0 aromatic carbocycles. The highest BCUT2D eigenvalue weighted by Crippen LogP contribution is 2.15. The third-order valence-electron chi connectivity index (χ3n) is 2.10. The van der Waals surface area contributed by atoms with Crippen LogP contribution in [0.2, 0.25) is 0 Å². The van der Waals surface area contributed by atoms with Crippen molar-refractivity contribution in [2.75, 3.05) is 13.2 Å². The molecule has 2 unspecified atom stereocenters. The van der Waals surface area contributed by atoms with Crippen LogP contribution in [0.5, 0.6) is 0 Å². The summed E-state index contributed by atoms with van der Waals surface area (Å²) in [5, 5.41) is 11.4. The Balaban J connectivity index is 2.47. The molecule has 6 nitrogen and oxygen atoms in total. The lowest BCUT2D eigenvalue weighted by atomic mass is 10.0. The molecule has 0 radical (unpaired) electrons. The van der Waals surface area contributed by atoms with Gasteiger partial charge >= 0.3 is 12.1 Å². The van der Waals surface area contributed by atoms with Gasteiger partial charge in [0.05, 0.1) is 19.3 Å². The van der Waals surface area contributed by atoms with E-state index in [1.54, 1.807) is 20.8 Å². The average molecular weight is 231 g/mol. The van der Waals surface area contributed by atoms with Gasteiger partial charge in [0.25, 0.3) is 0 Å². The minimum Gasteiger partial charge on any atom is -0.481 e. The van der Waals surface area contributed by atoms with Crippen LogP contribution in [-0.2, 0) is 14.3 Å². The van der Waals surface area contributed by atoms with Crippen molar-refractivity contribution < 1.29 is 24.2 Å². The predicted molar refractivity (Wildman–Crippen MR) is 55.1 cm³/mol. The quantitative estimate of drug-likeness (QED) is 0.727. The van der Waals surface area contributed by atoms with E-state index in [4.69, 9.17) is 14.6 Å². The first kappa shape index (κ1) is 12.8. The molecule has 1 heterocycles. The Bertz CT molecular complexity index is 283. The van der Waals surface area contributed by atoms with Crippen LogP contribution in [0.25, 0.3) is 0 Å². The monoisotopic (exact) mass is 231 g/mol. The number of carboxylic acid groups (broad SMARTS) is 1. The smallest absolute Gasteiger partial charge is 0.407 e. The van der Waals surface area contributed by atoms with Crippen molar-refractivity contribution in [1.82, 2.24) is 5.32 Å². The summed E-state index contributed by atoms with van der Waals surface area (Å²) in [6, 6.07) is -0.521. The number of hydrogen-bond acceptors (Lipinski definition) is 4. The van der Waals surface area contributed by atoms with Crippen LogP contribution < -0.4 is 5.32 Å². The highest BCUT2D eigenvalue weighted by Gasteiger charge is 2.35. The SMILES string of the molecule is CC(C)(C)OC(=O)NC1COCC1C(=O)O.